The van der Waals surface area contributed by atoms with E-state index < -0.39 is 12.0 Å². The topological polar surface area (TPSA) is 63.3 Å². The molecule has 1 heterocycles. The maximum Gasteiger partial charge on any atom is 0.320 e. The van der Waals surface area contributed by atoms with Gasteiger partial charge in [0.25, 0.3) is 0 Å². The second kappa shape index (κ2) is 6.93. The molecule has 1 unspecified atom stereocenters. The molecule has 1 atom stereocenters. The molecule has 5 heteroatoms. The number of carboxylic acids is 1. The minimum atomic E-state index is -0.912. The third-order valence-corrected chi connectivity index (χ3v) is 4.65. The Bertz CT molecular complexity index is 338. The molecule has 0 saturated carbocycles. The zero-order valence-electron chi connectivity index (χ0n) is 9.31. The van der Waals surface area contributed by atoms with Crippen LogP contribution in [-0.2, 0) is 17.0 Å². The van der Waals surface area contributed by atoms with Crippen molar-refractivity contribution < 1.29 is 9.90 Å². The van der Waals surface area contributed by atoms with Crippen LogP contribution in [0.4, 0.5) is 0 Å². The number of hydrogen-bond acceptors (Lipinski definition) is 4. The molecule has 0 amide bonds. The first-order valence-electron chi connectivity index (χ1n) is 5.27. The van der Waals surface area contributed by atoms with Gasteiger partial charge in [0.15, 0.2) is 0 Å². The van der Waals surface area contributed by atoms with Crippen LogP contribution in [0.25, 0.3) is 0 Å². The third-order valence-electron chi connectivity index (χ3n) is 2.20. The highest BCUT2D eigenvalue weighted by Gasteiger charge is 2.10. The summed E-state index contributed by atoms with van der Waals surface area (Å²) < 4.78 is 0. The molecule has 0 fully saturated rings. The Labute approximate surface area is 104 Å². The number of carboxylic acid groups (broad SMARTS) is 1. The summed E-state index contributed by atoms with van der Waals surface area (Å²) in [7, 11) is 0. The van der Waals surface area contributed by atoms with Crippen molar-refractivity contribution in [2.75, 3.05) is 5.75 Å². The highest BCUT2D eigenvalue weighted by atomic mass is 32.2. The van der Waals surface area contributed by atoms with Crippen molar-refractivity contribution in [3.05, 3.63) is 21.9 Å². The minimum Gasteiger partial charge on any atom is -0.480 e. The summed E-state index contributed by atoms with van der Waals surface area (Å²) in [5, 5.41) is 8.60. The Morgan fingerprint density at radius 1 is 1.56 bits per heavy atom. The molecule has 16 heavy (non-hydrogen) atoms. The first-order chi connectivity index (χ1) is 7.63. The quantitative estimate of drug-likeness (QED) is 0.738. The van der Waals surface area contributed by atoms with Crippen molar-refractivity contribution >= 4 is 29.1 Å². The van der Waals surface area contributed by atoms with Gasteiger partial charge in [-0.1, -0.05) is 6.92 Å². The first-order valence-corrected chi connectivity index (χ1v) is 7.24. The molecule has 0 aliphatic heterocycles. The zero-order chi connectivity index (χ0) is 12.0. The van der Waals surface area contributed by atoms with Crippen LogP contribution in [0.15, 0.2) is 12.1 Å². The van der Waals surface area contributed by atoms with Crippen molar-refractivity contribution in [2.45, 2.75) is 31.6 Å². The molecule has 0 aliphatic carbocycles. The summed E-state index contributed by atoms with van der Waals surface area (Å²) in [4.78, 5) is 13.2. The SMILES string of the molecule is CCc1ccc(CSCCC(N)C(=O)O)s1. The standard InChI is InChI=1S/C11H17NO2S2/c1-2-8-3-4-9(16-8)7-15-6-5-10(12)11(13)14/h3-4,10H,2,5-7,12H2,1H3,(H,13,14). The first kappa shape index (κ1) is 13.5. The fourth-order valence-corrected chi connectivity index (χ4v) is 3.30. The van der Waals surface area contributed by atoms with Crippen molar-refractivity contribution in [3.8, 4) is 0 Å². The van der Waals surface area contributed by atoms with E-state index in [1.165, 1.54) is 9.75 Å². The Hall–Kier alpha value is -0.520. The fraction of sp³-hybridized carbons (Fsp3) is 0.545. The maximum absolute atomic E-state index is 10.5. The van der Waals surface area contributed by atoms with Crippen molar-refractivity contribution in [1.82, 2.24) is 0 Å². The molecule has 1 aromatic rings. The summed E-state index contributed by atoms with van der Waals surface area (Å²) >= 11 is 3.57. The van der Waals surface area contributed by atoms with Crippen LogP contribution in [0, 0.1) is 0 Å². The van der Waals surface area contributed by atoms with Gasteiger partial charge in [0.05, 0.1) is 0 Å². The molecule has 3 N–H and O–H groups in total. The summed E-state index contributed by atoms with van der Waals surface area (Å²) in [6, 6.07) is 3.58. The molecule has 0 spiro atoms. The molecule has 0 bridgehead atoms. The van der Waals surface area contributed by atoms with Gasteiger partial charge in [0.1, 0.15) is 6.04 Å². The number of carbonyl (C=O) groups is 1. The highest BCUT2D eigenvalue weighted by molar-refractivity contribution is 7.98. The largest absolute Gasteiger partial charge is 0.480 e. The van der Waals surface area contributed by atoms with Crippen molar-refractivity contribution in [1.29, 1.82) is 0 Å². The normalized spacial score (nSPS) is 12.6. The van der Waals surface area contributed by atoms with Gasteiger partial charge >= 0.3 is 5.97 Å². The van der Waals surface area contributed by atoms with Crippen molar-refractivity contribution in [2.24, 2.45) is 5.73 Å². The zero-order valence-corrected chi connectivity index (χ0v) is 10.9. The Kier molecular flexibility index (Phi) is 5.87. The van der Waals surface area contributed by atoms with E-state index in [4.69, 9.17) is 10.8 Å². The van der Waals surface area contributed by atoms with E-state index in [1.54, 1.807) is 11.8 Å². The fourth-order valence-electron chi connectivity index (χ4n) is 1.20. The monoisotopic (exact) mass is 259 g/mol. The van der Waals surface area contributed by atoms with Crippen LogP contribution in [-0.4, -0.2) is 22.9 Å². The number of aliphatic carboxylic acids is 1. The number of nitrogens with two attached hydrogens (primary N) is 1. The predicted molar refractivity (Wildman–Crippen MR) is 70.1 cm³/mol. The van der Waals surface area contributed by atoms with Crippen LogP contribution in [0.5, 0.6) is 0 Å². The van der Waals surface area contributed by atoms with Gasteiger partial charge in [0, 0.05) is 15.5 Å². The molecule has 90 valence electrons. The second-order valence-corrected chi connectivity index (χ2v) is 5.87. The van der Waals surface area contributed by atoms with E-state index in [0.29, 0.717) is 6.42 Å². The lowest BCUT2D eigenvalue weighted by Gasteiger charge is -2.04. The summed E-state index contributed by atoms with van der Waals surface area (Å²) in [5.41, 5.74) is 5.41. The van der Waals surface area contributed by atoms with Crippen LogP contribution in [0.2, 0.25) is 0 Å². The van der Waals surface area contributed by atoms with Crippen molar-refractivity contribution in [3.63, 3.8) is 0 Å². The smallest absolute Gasteiger partial charge is 0.320 e. The summed E-state index contributed by atoms with van der Waals surface area (Å²) in [6.07, 6.45) is 1.62. The van der Waals surface area contributed by atoms with E-state index in [2.05, 4.69) is 19.1 Å². The lowest BCUT2D eigenvalue weighted by molar-refractivity contribution is -0.138. The lowest BCUT2D eigenvalue weighted by atomic mass is 10.2. The Morgan fingerprint density at radius 2 is 2.25 bits per heavy atom. The number of rotatable bonds is 7. The number of hydrogen-bond donors (Lipinski definition) is 2. The average Bonchev–Trinajstić information content (AvgIpc) is 2.71. The molecule has 0 aliphatic rings. The number of thioether (sulfide) groups is 1. The van der Waals surface area contributed by atoms with E-state index >= 15 is 0 Å². The van der Waals surface area contributed by atoms with Gasteiger partial charge in [-0.3, -0.25) is 4.79 Å². The van der Waals surface area contributed by atoms with Crippen LogP contribution >= 0.6 is 23.1 Å². The molecular weight excluding hydrogens is 242 g/mol. The summed E-state index contributed by atoms with van der Waals surface area (Å²) in [6.45, 7) is 2.15. The number of aryl methyl sites for hydroxylation is 1. The van der Waals surface area contributed by atoms with Crippen LogP contribution in [0.1, 0.15) is 23.1 Å². The van der Waals surface area contributed by atoms with Crippen LogP contribution in [0.3, 0.4) is 0 Å². The summed E-state index contributed by atoms with van der Waals surface area (Å²) in [5.74, 6) is 0.842. The van der Waals surface area contributed by atoms with E-state index in [-0.39, 0.29) is 0 Å². The molecule has 0 radical (unpaired) electrons. The molecule has 1 aromatic heterocycles. The third kappa shape index (κ3) is 4.55. The van der Waals surface area contributed by atoms with E-state index in [1.807, 2.05) is 11.3 Å². The second-order valence-electron chi connectivity index (χ2n) is 3.51. The highest BCUT2D eigenvalue weighted by Crippen LogP contribution is 2.22. The van der Waals surface area contributed by atoms with Gasteiger partial charge in [-0.05, 0) is 30.7 Å². The predicted octanol–water partition coefficient (Wildman–Crippen LogP) is 2.35. The van der Waals surface area contributed by atoms with Gasteiger partial charge in [-0.2, -0.15) is 11.8 Å². The maximum atomic E-state index is 10.5. The van der Waals surface area contributed by atoms with Crippen LogP contribution < -0.4 is 5.73 Å². The Balaban J connectivity index is 2.18. The van der Waals surface area contributed by atoms with E-state index in [9.17, 15) is 4.79 Å². The Morgan fingerprint density at radius 3 is 2.81 bits per heavy atom. The number of thiophene rings is 1. The van der Waals surface area contributed by atoms with Gasteiger partial charge in [-0.25, -0.2) is 0 Å². The molecule has 0 saturated heterocycles. The average molecular weight is 259 g/mol. The molecule has 0 aromatic carbocycles. The molecular formula is C11H17NO2S2. The molecule has 1 rings (SSSR count). The van der Waals surface area contributed by atoms with Gasteiger partial charge in [-0.15, -0.1) is 11.3 Å². The van der Waals surface area contributed by atoms with Gasteiger partial charge in [0.2, 0.25) is 0 Å². The molecule has 3 nitrogen and oxygen atoms in total. The van der Waals surface area contributed by atoms with Gasteiger partial charge < -0.3 is 10.8 Å². The lowest BCUT2D eigenvalue weighted by Crippen LogP contribution is -2.30. The van der Waals surface area contributed by atoms with E-state index in [0.717, 1.165) is 17.9 Å². The minimum absolute atomic E-state index is 0.534.